The van der Waals surface area contributed by atoms with Crippen molar-refractivity contribution in [2.24, 2.45) is 5.14 Å². The van der Waals surface area contributed by atoms with Crippen LogP contribution in [0.2, 0.25) is 0 Å². The molecule has 1 aliphatic rings. The first-order valence-electron chi connectivity index (χ1n) is 3.35. The zero-order chi connectivity index (χ0) is 9.03. The van der Waals surface area contributed by atoms with Crippen molar-refractivity contribution in [3.8, 4) is 0 Å². The summed E-state index contributed by atoms with van der Waals surface area (Å²) in [6, 6.07) is 0. The lowest BCUT2D eigenvalue weighted by Gasteiger charge is -1.96. The minimum Gasteiger partial charge on any atom is -0.225 e. The number of nitrogens with two attached hydrogens (primary N) is 1. The summed E-state index contributed by atoms with van der Waals surface area (Å²) in [6.07, 6.45) is 11.4. The van der Waals surface area contributed by atoms with Gasteiger partial charge >= 0.3 is 0 Å². The first-order valence-corrected chi connectivity index (χ1v) is 4.90. The van der Waals surface area contributed by atoms with Crippen LogP contribution in [0.5, 0.6) is 0 Å². The Kier molecular flexibility index (Phi) is 2.62. The highest BCUT2D eigenvalue weighted by Gasteiger charge is 2.06. The standard InChI is InChI=1S/C8H9NO2S/c9-12(10,11)8-6-4-2-1-3-5-7-8/h1-7H,(H2,9,10,11)/b2-1-,3-1?,4-2?,5-3-,6-4-,7-5?,8-6?,8-7+. The van der Waals surface area contributed by atoms with E-state index in [0.29, 0.717) is 0 Å². The van der Waals surface area contributed by atoms with Crippen molar-refractivity contribution in [1.29, 1.82) is 0 Å². The zero-order valence-electron chi connectivity index (χ0n) is 6.34. The largest absolute Gasteiger partial charge is 0.238 e. The van der Waals surface area contributed by atoms with Gasteiger partial charge in [0.1, 0.15) is 0 Å². The number of primary sulfonamides is 1. The predicted octanol–water partition coefficient (Wildman–Crippen LogP) is 0.841. The lowest BCUT2D eigenvalue weighted by atomic mass is 10.3. The van der Waals surface area contributed by atoms with Crippen LogP contribution in [0.3, 0.4) is 0 Å². The number of hydrogen-bond acceptors (Lipinski definition) is 2. The van der Waals surface area contributed by atoms with E-state index in [2.05, 4.69) is 0 Å². The van der Waals surface area contributed by atoms with Crippen molar-refractivity contribution in [2.75, 3.05) is 0 Å². The van der Waals surface area contributed by atoms with Crippen LogP contribution < -0.4 is 5.14 Å². The van der Waals surface area contributed by atoms with Crippen LogP contribution >= 0.6 is 0 Å². The second-order valence-electron chi connectivity index (χ2n) is 2.24. The Labute approximate surface area is 71.6 Å². The highest BCUT2D eigenvalue weighted by molar-refractivity contribution is 7.93. The summed E-state index contributed by atoms with van der Waals surface area (Å²) in [7, 11) is -3.58. The smallest absolute Gasteiger partial charge is 0.225 e. The van der Waals surface area contributed by atoms with Crippen LogP contribution in [0.25, 0.3) is 0 Å². The minimum atomic E-state index is -3.58. The summed E-state index contributed by atoms with van der Waals surface area (Å²) in [5.74, 6) is 0. The van der Waals surface area contributed by atoms with E-state index in [1.54, 1.807) is 30.4 Å². The lowest BCUT2D eigenvalue weighted by Crippen LogP contribution is -2.13. The molecule has 0 saturated heterocycles. The Bertz CT molecular complexity index is 372. The van der Waals surface area contributed by atoms with Crippen LogP contribution in [0.4, 0.5) is 0 Å². The average Bonchev–Trinajstić information content (AvgIpc) is 1.81. The molecule has 0 radical (unpaired) electrons. The van der Waals surface area contributed by atoms with Gasteiger partial charge in [-0.15, -0.1) is 0 Å². The first-order chi connectivity index (χ1) is 5.61. The third kappa shape index (κ3) is 2.48. The molecule has 0 aromatic rings. The van der Waals surface area contributed by atoms with E-state index < -0.39 is 10.0 Å². The molecule has 0 bridgehead atoms. The lowest BCUT2D eigenvalue weighted by molar-refractivity contribution is 0.604. The van der Waals surface area contributed by atoms with E-state index >= 15 is 0 Å². The Hall–Kier alpha value is -1.13. The van der Waals surface area contributed by atoms with Gasteiger partial charge in [0.15, 0.2) is 0 Å². The molecule has 2 N–H and O–H groups in total. The Morgan fingerprint density at radius 2 is 1.58 bits per heavy atom. The average molecular weight is 183 g/mol. The quantitative estimate of drug-likeness (QED) is 0.654. The molecule has 12 heavy (non-hydrogen) atoms. The molecule has 1 rings (SSSR count). The Balaban J connectivity index is 3.07. The second-order valence-corrected chi connectivity index (χ2v) is 3.80. The first kappa shape index (κ1) is 8.96. The molecule has 64 valence electrons. The van der Waals surface area contributed by atoms with Crippen molar-refractivity contribution >= 4 is 10.0 Å². The summed E-state index contributed by atoms with van der Waals surface area (Å²) in [6.45, 7) is 0. The third-order valence-corrected chi connectivity index (χ3v) is 2.22. The SMILES string of the molecule is NS(=O)(=O)C1=C/C=C\C=C/C=C\1. The van der Waals surface area contributed by atoms with Crippen molar-refractivity contribution in [3.05, 3.63) is 47.4 Å². The summed E-state index contributed by atoms with van der Waals surface area (Å²) in [4.78, 5) is 0.114. The second kappa shape index (κ2) is 3.51. The number of allylic oxidation sites excluding steroid dienone is 7. The van der Waals surface area contributed by atoms with E-state index in [1.807, 2.05) is 0 Å². The highest BCUT2D eigenvalue weighted by atomic mass is 32.2. The van der Waals surface area contributed by atoms with E-state index in [-0.39, 0.29) is 4.91 Å². The molecule has 0 aromatic carbocycles. The van der Waals surface area contributed by atoms with E-state index in [4.69, 9.17) is 5.14 Å². The van der Waals surface area contributed by atoms with E-state index in [9.17, 15) is 8.42 Å². The van der Waals surface area contributed by atoms with Crippen LogP contribution in [0.1, 0.15) is 0 Å². The van der Waals surface area contributed by atoms with Crippen molar-refractivity contribution in [2.45, 2.75) is 0 Å². The molecule has 0 unspecified atom stereocenters. The van der Waals surface area contributed by atoms with Gasteiger partial charge in [-0.3, -0.25) is 0 Å². The zero-order valence-corrected chi connectivity index (χ0v) is 7.16. The van der Waals surface area contributed by atoms with Crippen LogP contribution in [-0.4, -0.2) is 8.42 Å². The molecular weight excluding hydrogens is 174 g/mol. The minimum absolute atomic E-state index is 0.114. The Morgan fingerprint density at radius 3 is 2.25 bits per heavy atom. The summed E-state index contributed by atoms with van der Waals surface area (Å²) in [5.41, 5.74) is 0. The van der Waals surface area contributed by atoms with Gasteiger partial charge in [0.05, 0.1) is 4.91 Å². The monoisotopic (exact) mass is 183 g/mol. The van der Waals surface area contributed by atoms with Crippen molar-refractivity contribution in [3.63, 3.8) is 0 Å². The number of rotatable bonds is 1. The molecule has 0 atom stereocenters. The number of sulfonamides is 1. The van der Waals surface area contributed by atoms with Gasteiger partial charge in [-0.05, 0) is 12.2 Å². The molecule has 0 aliphatic heterocycles. The fraction of sp³-hybridized carbons (Fsp3) is 0. The molecule has 0 amide bonds. The molecular formula is C8H9NO2S. The number of hydrogen-bond donors (Lipinski definition) is 1. The predicted molar refractivity (Wildman–Crippen MR) is 48.6 cm³/mol. The maximum atomic E-state index is 10.9. The molecule has 0 saturated carbocycles. The molecule has 3 nitrogen and oxygen atoms in total. The van der Waals surface area contributed by atoms with Gasteiger partial charge in [0.25, 0.3) is 0 Å². The maximum Gasteiger partial charge on any atom is 0.238 e. The van der Waals surface area contributed by atoms with E-state index in [0.717, 1.165) is 0 Å². The summed E-state index contributed by atoms with van der Waals surface area (Å²) >= 11 is 0. The van der Waals surface area contributed by atoms with Crippen LogP contribution in [0.15, 0.2) is 47.4 Å². The van der Waals surface area contributed by atoms with E-state index in [1.165, 1.54) is 12.2 Å². The van der Waals surface area contributed by atoms with Gasteiger partial charge in [0, 0.05) is 0 Å². The fourth-order valence-corrected chi connectivity index (χ4v) is 1.27. The normalized spacial score (nSPS) is 29.2. The maximum absolute atomic E-state index is 10.9. The molecule has 4 heteroatoms. The summed E-state index contributed by atoms with van der Waals surface area (Å²) < 4.78 is 21.7. The van der Waals surface area contributed by atoms with Crippen LogP contribution in [0, 0.1) is 0 Å². The highest BCUT2D eigenvalue weighted by Crippen LogP contribution is 2.05. The van der Waals surface area contributed by atoms with Gasteiger partial charge in [-0.1, -0.05) is 30.4 Å². The van der Waals surface area contributed by atoms with Gasteiger partial charge in [-0.2, -0.15) is 0 Å². The molecule has 0 aromatic heterocycles. The molecule has 0 fully saturated rings. The summed E-state index contributed by atoms with van der Waals surface area (Å²) in [5, 5.41) is 4.93. The van der Waals surface area contributed by atoms with Gasteiger partial charge in [-0.25, -0.2) is 13.6 Å². The fourth-order valence-electron chi connectivity index (χ4n) is 0.738. The topological polar surface area (TPSA) is 60.2 Å². The van der Waals surface area contributed by atoms with Crippen molar-refractivity contribution < 1.29 is 8.42 Å². The van der Waals surface area contributed by atoms with Gasteiger partial charge in [0.2, 0.25) is 10.0 Å². The van der Waals surface area contributed by atoms with Crippen LogP contribution in [-0.2, 0) is 10.0 Å². The third-order valence-electron chi connectivity index (χ3n) is 1.29. The molecule has 0 heterocycles. The molecule has 0 spiro atoms. The molecule has 1 aliphatic carbocycles. The Morgan fingerprint density at radius 1 is 1.00 bits per heavy atom. The van der Waals surface area contributed by atoms with Crippen molar-refractivity contribution in [1.82, 2.24) is 0 Å². The van der Waals surface area contributed by atoms with Gasteiger partial charge < -0.3 is 0 Å².